The molecule has 0 saturated heterocycles. The smallest absolute Gasteiger partial charge is 0.457 e. The van der Waals surface area contributed by atoms with Gasteiger partial charge in [0.2, 0.25) is 0 Å². The summed E-state index contributed by atoms with van der Waals surface area (Å²) in [5, 5.41) is 0. The number of hydrogen-bond donors (Lipinski definition) is 1. The SMILES string of the molecule is CCCCCC/C=C\C/C=C\CCCCCCCCCCOCC(COP(=O)(O)OCC[N+](C)(C)C)OC(=O)CCCCCCCCC/C=C\CCCCCCCC. The summed E-state index contributed by atoms with van der Waals surface area (Å²) in [6, 6.07) is 0. The van der Waals surface area contributed by atoms with E-state index in [0.29, 0.717) is 24.1 Å². The van der Waals surface area contributed by atoms with Crippen LogP contribution < -0.4 is 0 Å². The zero-order valence-electron chi connectivity index (χ0n) is 38.8. The van der Waals surface area contributed by atoms with E-state index >= 15 is 0 Å². The van der Waals surface area contributed by atoms with Crippen LogP contribution in [0.25, 0.3) is 0 Å². The molecule has 0 aliphatic carbocycles. The lowest BCUT2D eigenvalue weighted by Crippen LogP contribution is -2.37. The molecule has 342 valence electrons. The Bertz CT molecular complexity index is 1020. The van der Waals surface area contributed by atoms with Crippen molar-refractivity contribution in [3.8, 4) is 0 Å². The molecule has 2 unspecified atom stereocenters. The van der Waals surface area contributed by atoms with Crippen molar-refractivity contribution in [1.82, 2.24) is 0 Å². The van der Waals surface area contributed by atoms with Crippen LogP contribution in [-0.4, -0.2) is 75.6 Å². The van der Waals surface area contributed by atoms with Gasteiger partial charge in [-0.25, -0.2) is 4.57 Å². The van der Waals surface area contributed by atoms with Gasteiger partial charge in [-0.05, 0) is 70.6 Å². The Morgan fingerprint density at radius 3 is 1.43 bits per heavy atom. The molecule has 0 aliphatic heterocycles. The van der Waals surface area contributed by atoms with Crippen LogP contribution in [0.1, 0.15) is 213 Å². The number of quaternary nitrogens is 1. The Morgan fingerprint density at radius 2 is 0.948 bits per heavy atom. The van der Waals surface area contributed by atoms with Crippen LogP contribution in [0.5, 0.6) is 0 Å². The number of esters is 1. The zero-order chi connectivity index (χ0) is 42.7. The van der Waals surface area contributed by atoms with E-state index in [1.165, 1.54) is 154 Å². The second-order valence-electron chi connectivity index (χ2n) is 17.5. The van der Waals surface area contributed by atoms with Gasteiger partial charge in [-0.15, -0.1) is 0 Å². The van der Waals surface area contributed by atoms with Crippen molar-refractivity contribution in [1.29, 1.82) is 0 Å². The van der Waals surface area contributed by atoms with Gasteiger partial charge in [0.1, 0.15) is 19.3 Å². The third-order valence-electron chi connectivity index (χ3n) is 10.4. The molecule has 0 fully saturated rings. The van der Waals surface area contributed by atoms with Crippen molar-refractivity contribution in [2.24, 2.45) is 0 Å². The average molecular weight is 841 g/mol. The molecule has 0 aromatic heterocycles. The number of carbonyl (C=O) groups excluding carboxylic acids is 1. The van der Waals surface area contributed by atoms with Crippen molar-refractivity contribution in [3.05, 3.63) is 36.5 Å². The normalized spacial score (nSPS) is 14.0. The molecule has 0 heterocycles. The first-order valence-corrected chi connectivity index (χ1v) is 25.7. The summed E-state index contributed by atoms with van der Waals surface area (Å²) < 4.78 is 35.1. The molecule has 9 heteroatoms. The first-order valence-electron chi connectivity index (χ1n) is 24.2. The van der Waals surface area contributed by atoms with Gasteiger partial charge in [-0.1, -0.05) is 172 Å². The second kappa shape index (κ2) is 42.4. The summed E-state index contributed by atoms with van der Waals surface area (Å²) in [6.45, 7) is 5.61. The van der Waals surface area contributed by atoms with Crippen LogP contribution in [-0.2, 0) is 27.9 Å². The minimum Gasteiger partial charge on any atom is -0.457 e. The minimum absolute atomic E-state index is 0.0866. The molecule has 0 rings (SSSR count). The molecule has 0 spiro atoms. The number of likely N-dealkylation sites (N-methyl/N-ethyl adjacent to an activating group) is 1. The maximum Gasteiger partial charge on any atom is 0.472 e. The fourth-order valence-corrected chi connectivity index (χ4v) is 7.38. The van der Waals surface area contributed by atoms with Gasteiger partial charge in [0.25, 0.3) is 0 Å². The summed E-state index contributed by atoms with van der Waals surface area (Å²) in [6.07, 6.45) is 50.3. The molecule has 0 bridgehead atoms. The number of carbonyl (C=O) groups is 1. The van der Waals surface area contributed by atoms with Crippen LogP contribution in [0.4, 0.5) is 0 Å². The monoisotopic (exact) mass is 841 g/mol. The Hall–Kier alpha value is -1.28. The van der Waals surface area contributed by atoms with Gasteiger partial charge in [0.15, 0.2) is 0 Å². The van der Waals surface area contributed by atoms with E-state index in [2.05, 4.69) is 50.3 Å². The quantitative estimate of drug-likeness (QED) is 0.0215. The van der Waals surface area contributed by atoms with Crippen molar-refractivity contribution in [3.63, 3.8) is 0 Å². The number of hydrogen-bond acceptors (Lipinski definition) is 6. The van der Waals surface area contributed by atoms with Crippen molar-refractivity contribution in [2.45, 2.75) is 219 Å². The summed E-state index contributed by atoms with van der Waals surface area (Å²) in [4.78, 5) is 22.9. The van der Waals surface area contributed by atoms with Crippen LogP contribution in [0, 0.1) is 0 Å². The predicted octanol–water partition coefficient (Wildman–Crippen LogP) is 14.6. The molecule has 8 nitrogen and oxygen atoms in total. The molecule has 0 aromatic rings. The molecule has 0 aromatic carbocycles. The van der Waals surface area contributed by atoms with Crippen molar-refractivity contribution in [2.75, 3.05) is 54.1 Å². The van der Waals surface area contributed by atoms with Crippen molar-refractivity contribution >= 4 is 13.8 Å². The van der Waals surface area contributed by atoms with Gasteiger partial charge in [0, 0.05) is 13.0 Å². The maximum absolute atomic E-state index is 12.7. The first kappa shape index (κ1) is 56.7. The first-order chi connectivity index (χ1) is 28.1. The lowest BCUT2D eigenvalue weighted by molar-refractivity contribution is -0.870. The van der Waals surface area contributed by atoms with E-state index in [-0.39, 0.29) is 25.8 Å². The van der Waals surface area contributed by atoms with E-state index in [1.54, 1.807) is 0 Å². The number of allylic oxidation sites excluding steroid dienone is 6. The third kappa shape index (κ3) is 45.8. The highest BCUT2D eigenvalue weighted by molar-refractivity contribution is 7.47. The Labute approximate surface area is 359 Å². The lowest BCUT2D eigenvalue weighted by atomic mass is 10.1. The molecule has 2 atom stereocenters. The number of phosphoric ester groups is 1. The fraction of sp³-hybridized carbons (Fsp3) is 0.857. The summed E-state index contributed by atoms with van der Waals surface area (Å²) in [5.74, 6) is -0.319. The largest absolute Gasteiger partial charge is 0.472 e. The predicted molar refractivity (Wildman–Crippen MR) is 247 cm³/mol. The Balaban J connectivity index is 4.19. The zero-order valence-corrected chi connectivity index (χ0v) is 39.7. The molecule has 58 heavy (non-hydrogen) atoms. The Morgan fingerprint density at radius 1 is 0.534 bits per heavy atom. The van der Waals surface area contributed by atoms with Crippen molar-refractivity contribution < 1.29 is 37.3 Å². The lowest BCUT2D eigenvalue weighted by Gasteiger charge is -2.24. The molecule has 0 saturated carbocycles. The summed E-state index contributed by atoms with van der Waals surface area (Å²) in [7, 11) is 1.66. The molecule has 0 aliphatic rings. The number of phosphoric acid groups is 1. The Kier molecular flexibility index (Phi) is 41.5. The van der Waals surface area contributed by atoms with E-state index in [4.69, 9.17) is 18.5 Å². The van der Waals surface area contributed by atoms with Crippen LogP contribution in [0.2, 0.25) is 0 Å². The standard InChI is InChI=1S/C49H94NO7P/c1-6-8-10-12-14-16-18-20-22-24-25-27-29-31-33-35-37-39-41-44-54-46-48(47-56-58(52,53)55-45-43-50(3,4)5)57-49(51)42-40-38-36-34-32-30-28-26-23-21-19-17-15-13-11-9-7-2/h16,18,21-24,48H,6-15,17,19-20,25-47H2,1-5H3/p+1/b18-16-,23-21-,24-22-. The van der Waals surface area contributed by atoms with Gasteiger partial charge < -0.3 is 18.9 Å². The topological polar surface area (TPSA) is 91.3 Å². The van der Waals surface area contributed by atoms with Gasteiger partial charge in [-0.2, -0.15) is 0 Å². The number of ether oxygens (including phenoxy) is 2. The van der Waals surface area contributed by atoms with E-state index in [9.17, 15) is 14.3 Å². The fourth-order valence-electron chi connectivity index (χ4n) is 6.64. The highest BCUT2D eigenvalue weighted by atomic mass is 31.2. The molecule has 1 N–H and O–H groups in total. The van der Waals surface area contributed by atoms with E-state index in [1.807, 2.05) is 21.1 Å². The molecular weight excluding hydrogens is 746 g/mol. The van der Waals surface area contributed by atoms with Gasteiger partial charge >= 0.3 is 13.8 Å². The highest BCUT2D eigenvalue weighted by Crippen LogP contribution is 2.43. The van der Waals surface area contributed by atoms with Gasteiger partial charge in [0.05, 0.1) is 34.4 Å². The highest BCUT2D eigenvalue weighted by Gasteiger charge is 2.26. The van der Waals surface area contributed by atoms with Crippen LogP contribution in [0.3, 0.4) is 0 Å². The van der Waals surface area contributed by atoms with E-state index in [0.717, 1.165) is 38.5 Å². The van der Waals surface area contributed by atoms with E-state index < -0.39 is 13.9 Å². The number of nitrogens with zero attached hydrogens (tertiary/aromatic N) is 1. The average Bonchev–Trinajstić information content (AvgIpc) is 3.18. The minimum atomic E-state index is -4.28. The molecule has 0 radical (unpaired) electrons. The van der Waals surface area contributed by atoms with Crippen LogP contribution >= 0.6 is 7.82 Å². The van der Waals surface area contributed by atoms with Crippen LogP contribution in [0.15, 0.2) is 36.5 Å². The van der Waals surface area contributed by atoms with Gasteiger partial charge in [-0.3, -0.25) is 13.8 Å². The molecule has 0 amide bonds. The summed E-state index contributed by atoms with van der Waals surface area (Å²) >= 11 is 0. The third-order valence-corrected chi connectivity index (χ3v) is 11.4. The maximum atomic E-state index is 12.7. The second-order valence-corrected chi connectivity index (χ2v) is 18.9. The summed E-state index contributed by atoms with van der Waals surface area (Å²) in [5.41, 5.74) is 0. The number of unbranched alkanes of at least 4 members (excludes halogenated alkanes) is 25. The molecular formula is C49H95NO7P+. The number of rotatable bonds is 45.